The number of rotatable bonds is 0. The van der Waals surface area contributed by atoms with Gasteiger partial charge in [-0.15, -0.1) is 0 Å². The van der Waals surface area contributed by atoms with Crippen molar-refractivity contribution in [3.63, 3.8) is 0 Å². The predicted octanol–water partition coefficient (Wildman–Crippen LogP) is 3.67. The monoisotopic (exact) mass is 277 g/mol. The summed E-state index contributed by atoms with van der Waals surface area (Å²) in [6, 6.07) is 9.52. The Morgan fingerprint density at radius 2 is 1.62 bits per heavy atom. The first-order chi connectivity index (χ1) is 10.0. The summed E-state index contributed by atoms with van der Waals surface area (Å²) in [7, 11) is 0. The maximum Gasteiger partial charge on any atom is 0.258 e. The van der Waals surface area contributed by atoms with Gasteiger partial charge in [0.2, 0.25) is 0 Å². The summed E-state index contributed by atoms with van der Waals surface area (Å²) in [6.45, 7) is 5.91. The second kappa shape index (κ2) is 3.76. The Labute approximate surface area is 121 Å². The lowest BCUT2D eigenvalue weighted by atomic mass is 9.99. The molecule has 1 N–H and O–H groups in total. The largest absolute Gasteiger partial charge is 0.506 e. The third-order valence-electron chi connectivity index (χ3n) is 4.60. The molecule has 2 heterocycles. The Morgan fingerprint density at radius 3 is 2.38 bits per heavy atom. The number of pyridine rings is 1. The second-order valence-electron chi connectivity index (χ2n) is 5.72. The first-order valence-corrected chi connectivity index (χ1v) is 7.00. The van der Waals surface area contributed by atoms with E-state index in [2.05, 4.69) is 13.0 Å². The molecule has 104 valence electrons. The molecule has 0 fully saturated rings. The van der Waals surface area contributed by atoms with Crippen molar-refractivity contribution in [1.29, 1.82) is 0 Å². The van der Waals surface area contributed by atoms with Gasteiger partial charge in [-0.25, -0.2) is 0 Å². The number of benzene rings is 2. The van der Waals surface area contributed by atoms with E-state index in [1.54, 1.807) is 10.5 Å². The van der Waals surface area contributed by atoms with Crippen LogP contribution in [0.15, 0.2) is 35.1 Å². The van der Waals surface area contributed by atoms with Gasteiger partial charge in [0.15, 0.2) is 0 Å². The lowest BCUT2D eigenvalue weighted by Gasteiger charge is -2.10. The van der Waals surface area contributed by atoms with Crippen molar-refractivity contribution in [2.75, 3.05) is 0 Å². The number of hydrogen-bond acceptors (Lipinski definition) is 2. The highest BCUT2D eigenvalue weighted by atomic mass is 16.3. The molecule has 0 atom stereocenters. The fourth-order valence-corrected chi connectivity index (χ4v) is 3.43. The Balaban J connectivity index is 2.57. The number of aromatic hydroxyl groups is 1. The van der Waals surface area contributed by atoms with Gasteiger partial charge in [0.05, 0.1) is 11.0 Å². The molecule has 0 spiro atoms. The summed E-state index contributed by atoms with van der Waals surface area (Å²) in [5, 5.41) is 13.3. The molecule has 4 rings (SSSR count). The van der Waals surface area contributed by atoms with Gasteiger partial charge in [-0.05, 0) is 38.0 Å². The molecular weight excluding hydrogens is 262 g/mol. The molecule has 3 nitrogen and oxygen atoms in total. The molecular formula is C18H15NO2. The van der Waals surface area contributed by atoms with Gasteiger partial charge in [-0.3, -0.25) is 9.20 Å². The van der Waals surface area contributed by atoms with Gasteiger partial charge in [-0.2, -0.15) is 0 Å². The molecule has 0 unspecified atom stereocenters. The first-order valence-electron chi connectivity index (χ1n) is 7.00. The van der Waals surface area contributed by atoms with E-state index in [-0.39, 0.29) is 11.3 Å². The molecule has 0 aliphatic carbocycles. The lowest BCUT2D eigenvalue weighted by Crippen LogP contribution is -2.17. The van der Waals surface area contributed by atoms with Crippen molar-refractivity contribution in [2.24, 2.45) is 0 Å². The van der Waals surface area contributed by atoms with E-state index in [9.17, 15) is 9.90 Å². The fourth-order valence-electron chi connectivity index (χ4n) is 3.43. The molecule has 0 bridgehead atoms. The molecule has 0 aliphatic rings. The van der Waals surface area contributed by atoms with Crippen molar-refractivity contribution in [1.82, 2.24) is 4.40 Å². The molecule has 0 amide bonds. The predicted molar refractivity (Wildman–Crippen MR) is 85.7 cm³/mol. The van der Waals surface area contributed by atoms with E-state index in [1.165, 1.54) is 0 Å². The van der Waals surface area contributed by atoms with Crippen molar-refractivity contribution in [3.8, 4) is 5.75 Å². The fraction of sp³-hybridized carbons (Fsp3) is 0.167. The number of aryl methyl sites for hydroxylation is 2. The number of nitrogens with zero attached hydrogens (tertiary/aromatic N) is 1. The van der Waals surface area contributed by atoms with Crippen LogP contribution in [0.5, 0.6) is 5.75 Å². The van der Waals surface area contributed by atoms with Crippen LogP contribution in [-0.2, 0) is 0 Å². The summed E-state index contributed by atoms with van der Waals surface area (Å²) in [4.78, 5) is 12.7. The summed E-state index contributed by atoms with van der Waals surface area (Å²) < 4.78 is 1.67. The van der Waals surface area contributed by atoms with Crippen LogP contribution in [0.4, 0.5) is 0 Å². The molecule has 0 saturated heterocycles. The lowest BCUT2D eigenvalue weighted by molar-refractivity contribution is 0.480. The van der Waals surface area contributed by atoms with Crippen LogP contribution in [0.3, 0.4) is 0 Å². The van der Waals surface area contributed by atoms with Gasteiger partial charge >= 0.3 is 0 Å². The highest BCUT2D eigenvalue weighted by Gasteiger charge is 2.19. The zero-order chi connectivity index (χ0) is 14.9. The molecule has 2 aromatic carbocycles. The number of hydrogen-bond donors (Lipinski definition) is 1. The van der Waals surface area contributed by atoms with Crippen molar-refractivity contribution < 1.29 is 5.11 Å². The average Bonchev–Trinajstić information content (AvgIpc) is 2.80. The number of phenols is 1. The minimum Gasteiger partial charge on any atom is -0.506 e. The highest BCUT2D eigenvalue weighted by Crippen LogP contribution is 2.37. The van der Waals surface area contributed by atoms with Gasteiger partial charge in [0.1, 0.15) is 5.75 Å². The SMILES string of the molecule is Cc1c(C)c2c(C)ccc3c4cccc(O)c4n(c1=O)c23. The van der Waals surface area contributed by atoms with E-state index in [0.717, 1.165) is 38.4 Å². The number of para-hydroxylation sites is 1. The minimum atomic E-state index is -0.0490. The van der Waals surface area contributed by atoms with E-state index >= 15 is 0 Å². The Bertz CT molecular complexity index is 1090. The summed E-state index contributed by atoms with van der Waals surface area (Å²) in [5.41, 5.74) is 4.38. The molecule has 3 heteroatoms. The maximum atomic E-state index is 12.7. The van der Waals surface area contributed by atoms with Gasteiger partial charge < -0.3 is 5.11 Å². The van der Waals surface area contributed by atoms with E-state index < -0.39 is 0 Å². The normalized spacial score (nSPS) is 12.0. The summed E-state index contributed by atoms with van der Waals surface area (Å²) >= 11 is 0. The Morgan fingerprint density at radius 1 is 0.905 bits per heavy atom. The van der Waals surface area contributed by atoms with Crippen molar-refractivity contribution in [2.45, 2.75) is 20.8 Å². The van der Waals surface area contributed by atoms with Crippen LogP contribution < -0.4 is 5.56 Å². The van der Waals surface area contributed by atoms with Crippen LogP contribution >= 0.6 is 0 Å². The number of phenolic OH excluding ortho intramolecular Hbond substituents is 1. The molecule has 2 aromatic heterocycles. The maximum absolute atomic E-state index is 12.7. The first kappa shape index (κ1) is 12.2. The standard InChI is InChI=1S/C18H15NO2/c1-9-7-8-13-12-5-4-6-14(20)16(12)19-17(13)15(9)10(2)11(3)18(19)21/h4-8,20H,1-3H3. The second-order valence-corrected chi connectivity index (χ2v) is 5.72. The van der Waals surface area contributed by atoms with E-state index in [0.29, 0.717) is 5.52 Å². The molecule has 21 heavy (non-hydrogen) atoms. The highest BCUT2D eigenvalue weighted by molar-refractivity contribution is 6.16. The molecule has 0 aliphatic heterocycles. The molecule has 4 aromatic rings. The van der Waals surface area contributed by atoms with Gasteiger partial charge in [0, 0.05) is 21.7 Å². The quantitative estimate of drug-likeness (QED) is 0.533. The zero-order valence-corrected chi connectivity index (χ0v) is 12.2. The molecule has 0 saturated carbocycles. The Kier molecular flexibility index (Phi) is 2.18. The van der Waals surface area contributed by atoms with Crippen molar-refractivity contribution in [3.05, 3.63) is 57.4 Å². The zero-order valence-electron chi connectivity index (χ0n) is 12.2. The van der Waals surface area contributed by atoms with Crippen LogP contribution in [0.2, 0.25) is 0 Å². The third kappa shape index (κ3) is 1.31. The average molecular weight is 277 g/mol. The van der Waals surface area contributed by atoms with Crippen LogP contribution in [0.25, 0.3) is 27.2 Å². The van der Waals surface area contributed by atoms with Gasteiger partial charge in [0.25, 0.3) is 5.56 Å². The van der Waals surface area contributed by atoms with Gasteiger partial charge in [-0.1, -0.05) is 24.3 Å². The molecule has 0 radical (unpaired) electrons. The number of aromatic nitrogens is 1. The smallest absolute Gasteiger partial charge is 0.258 e. The summed E-state index contributed by atoms with van der Waals surface area (Å²) in [5.74, 6) is 0.146. The summed E-state index contributed by atoms with van der Waals surface area (Å²) in [6.07, 6.45) is 0. The van der Waals surface area contributed by atoms with E-state index in [4.69, 9.17) is 0 Å². The number of fused-ring (bicyclic) bond motifs is 3. The van der Waals surface area contributed by atoms with Crippen LogP contribution in [0, 0.1) is 20.8 Å². The minimum absolute atomic E-state index is 0.0490. The Hall–Kier alpha value is -2.55. The van der Waals surface area contributed by atoms with Crippen LogP contribution in [-0.4, -0.2) is 9.51 Å². The van der Waals surface area contributed by atoms with E-state index in [1.807, 2.05) is 32.0 Å². The van der Waals surface area contributed by atoms with Crippen LogP contribution in [0.1, 0.15) is 16.7 Å². The third-order valence-corrected chi connectivity index (χ3v) is 4.60. The topological polar surface area (TPSA) is 41.7 Å². The van der Waals surface area contributed by atoms with Crippen molar-refractivity contribution >= 4 is 27.2 Å².